The lowest BCUT2D eigenvalue weighted by Gasteiger charge is -2.12. The fourth-order valence-corrected chi connectivity index (χ4v) is 3.80. The van der Waals surface area contributed by atoms with Crippen LogP contribution in [0.3, 0.4) is 0 Å². The Labute approximate surface area is 161 Å². The molecule has 0 saturated heterocycles. The molecule has 0 bridgehead atoms. The molecule has 6 heteroatoms. The summed E-state index contributed by atoms with van der Waals surface area (Å²) in [4.78, 5) is 17.7. The van der Waals surface area contributed by atoms with Gasteiger partial charge in [0.2, 0.25) is 5.88 Å². The number of carbonyl (C=O) groups is 1. The minimum absolute atomic E-state index is 0.0681. The molecule has 1 amide bonds. The summed E-state index contributed by atoms with van der Waals surface area (Å²) in [5.74, 6) is -0.340. The molecule has 0 fully saturated rings. The first-order valence-corrected chi connectivity index (χ1v) is 9.62. The molecular formula is C21H20N2O3S. The Balaban J connectivity index is 1.68. The van der Waals surface area contributed by atoms with E-state index in [1.807, 2.05) is 31.2 Å². The number of carbonyl (C=O) groups excluding carboxylic acids is 1. The van der Waals surface area contributed by atoms with Gasteiger partial charge in [-0.05, 0) is 61.9 Å². The number of nitrogens with zero attached hydrogens (tertiary/aromatic N) is 1. The van der Waals surface area contributed by atoms with Gasteiger partial charge in [0.1, 0.15) is 0 Å². The van der Waals surface area contributed by atoms with Crippen LogP contribution in [0.2, 0.25) is 0 Å². The van der Waals surface area contributed by atoms with Gasteiger partial charge >= 0.3 is 0 Å². The second-order valence-corrected chi connectivity index (χ2v) is 7.65. The number of rotatable bonds is 5. The van der Waals surface area contributed by atoms with Crippen LogP contribution in [0.4, 0.5) is 0 Å². The van der Waals surface area contributed by atoms with E-state index < -0.39 is 11.2 Å². The Hall–Kier alpha value is -2.83. The minimum Gasteiger partial charge on any atom is -0.606 e. The van der Waals surface area contributed by atoms with E-state index in [0.717, 1.165) is 11.3 Å². The number of benzene rings is 2. The summed E-state index contributed by atoms with van der Waals surface area (Å²) in [5.41, 5.74) is 2.65. The molecule has 2 aromatic carbocycles. The zero-order chi connectivity index (χ0) is 19.4. The molecule has 1 aromatic heterocycles. The monoisotopic (exact) mass is 380 g/mol. The third-order valence-electron chi connectivity index (χ3n) is 4.17. The predicted octanol–water partition coefficient (Wildman–Crippen LogP) is 3.50. The van der Waals surface area contributed by atoms with E-state index in [0.29, 0.717) is 20.9 Å². The van der Waals surface area contributed by atoms with E-state index in [-0.39, 0.29) is 18.3 Å². The zero-order valence-electron chi connectivity index (χ0n) is 15.1. The highest BCUT2D eigenvalue weighted by Crippen LogP contribution is 2.21. The molecule has 0 spiro atoms. The van der Waals surface area contributed by atoms with E-state index in [1.54, 1.807) is 43.3 Å². The van der Waals surface area contributed by atoms with Crippen molar-refractivity contribution in [1.82, 2.24) is 10.3 Å². The molecular weight excluding hydrogens is 360 g/mol. The number of hydrogen-bond acceptors (Lipinski definition) is 4. The average Bonchev–Trinajstić information content (AvgIpc) is 2.67. The molecule has 1 unspecified atom stereocenters. The fraction of sp³-hybridized carbons (Fsp3) is 0.143. The topological polar surface area (TPSA) is 85.3 Å². The third-order valence-corrected chi connectivity index (χ3v) is 5.57. The van der Waals surface area contributed by atoms with Crippen molar-refractivity contribution in [2.45, 2.75) is 30.2 Å². The predicted molar refractivity (Wildman–Crippen MR) is 104 cm³/mol. The first-order valence-electron chi connectivity index (χ1n) is 8.47. The number of amides is 1. The van der Waals surface area contributed by atoms with Crippen molar-refractivity contribution in [3.8, 4) is 5.88 Å². The maximum atomic E-state index is 12.5. The lowest BCUT2D eigenvalue weighted by atomic mass is 10.1. The van der Waals surface area contributed by atoms with Gasteiger partial charge in [0.05, 0.1) is 0 Å². The smallest absolute Gasteiger partial charge is 0.251 e. The van der Waals surface area contributed by atoms with Crippen molar-refractivity contribution >= 4 is 17.1 Å². The number of aromatic nitrogens is 1. The molecule has 0 aliphatic rings. The highest BCUT2D eigenvalue weighted by atomic mass is 32.2. The van der Waals surface area contributed by atoms with Crippen molar-refractivity contribution in [3.05, 3.63) is 83.0 Å². The first-order chi connectivity index (χ1) is 13.0. The normalized spacial score (nSPS) is 11.8. The lowest BCUT2D eigenvalue weighted by molar-refractivity contribution is 0.0950. The highest BCUT2D eigenvalue weighted by Gasteiger charge is 2.16. The molecule has 3 rings (SSSR count). The molecule has 0 aliphatic carbocycles. The van der Waals surface area contributed by atoms with Crippen LogP contribution < -0.4 is 5.32 Å². The molecule has 0 radical (unpaired) electrons. The van der Waals surface area contributed by atoms with Gasteiger partial charge in [-0.1, -0.05) is 18.2 Å². The Bertz CT molecular complexity index is 920. The molecule has 5 nitrogen and oxygen atoms in total. The quantitative estimate of drug-likeness (QED) is 0.664. The Morgan fingerprint density at radius 3 is 2.33 bits per heavy atom. The Kier molecular flexibility index (Phi) is 5.78. The molecule has 1 heterocycles. The van der Waals surface area contributed by atoms with Gasteiger partial charge in [-0.15, -0.1) is 0 Å². The second kappa shape index (κ2) is 8.24. The average molecular weight is 380 g/mol. The van der Waals surface area contributed by atoms with Crippen LogP contribution in [-0.4, -0.2) is 20.6 Å². The van der Waals surface area contributed by atoms with Gasteiger partial charge < -0.3 is 15.0 Å². The second-order valence-electron chi connectivity index (χ2n) is 6.17. The largest absolute Gasteiger partial charge is 0.606 e. The molecule has 0 saturated carbocycles. The van der Waals surface area contributed by atoms with Gasteiger partial charge in [0.15, 0.2) is 9.79 Å². The number of hydrogen-bond donors (Lipinski definition) is 2. The minimum atomic E-state index is -1.28. The number of nitrogens with one attached hydrogen (secondary N) is 1. The standard InChI is InChI=1S/C21H20N2O3S/c1-14-12-15(2)23-21(25)19(14)13-22-20(24)16-8-10-18(11-9-16)27(26)17-6-4-3-5-7-17/h3-12H,13H2,1-2H3,(H,22,24)(H,23,25). The summed E-state index contributed by atoms with van der Waals surface area (Å²) in [6, 6.07) is 17.7. The van der Waals surface area contributed by atoms with Crippen LogP contribution in [-0.2, 0) is 17.7 Å². The van der Waals surface area contributed by atoms with Crippen molar-refractivity contribution in [1.29, 1.82) is 0 Å². The summed E-state index contributed by atoms with van der Waals surface area (Å²) in [5, 5.41) is 12.7. The molecule has 1 atom stereocenters. The van der Waals surface area contributed by atoms with Gasteiger partial charge in [-0.25, -0.2) is 4.98 Å². The summed E-state index contributed by atoms with van der Waals surface area (Å²) in [7, 11) is 0. The zero-order valence-corrected chi connectivity index (χ0v) is 15.9. The molecule has 2 N–H and O–H groups in total. The van der Waals surface area contributed by atoms with Crippen LogP contribution in [0, 0.1) is 13.8 Å². The maximum absolute atomic E-state index is 12.5. The van der Waals surface area contributed by atoms with Gasteiger partial charge in [0, 0.05) is 34.5 Å². The van der Waals surface area contributed by atoms with Crippen molar-refractivity contribution < 1.29 is 14.5 Å². The summed E-state index contributed by atoms with van der Waals surface area (Å²) in [6.07, 6.45) is 0. The van der Waals surface area contributed by atoms with E-state index in [2.05, 4.69) is 10.3 Å². The molecule has 27 heavy (non-hydrogen) atoms. The van der Waals surface area contributed by atoms with Gasteiger partial charge in [-0.3, -0.25) is 4.79 Å². The summed E-state index contributed by atoms with van der Waals surface area (Å²) in [6.45, 7) is 3.85. The van der Waals surface area contributed by atoms with Crippen LogP contribution in [0.15, 0.2) is 70.5 Å². The Morgan fingerprint density at radius 1 is 1.07 bits per heavy atom. The van der Waals surface area contributed by atoms with E-state index in [9.17, 15) is 14.5 Å². The van der Waals surface area contributed by atoms with E-state index >= 15 is 0 Å². The maximum Gasteiger partial charge on any atom is 0.251 e. The van der Waals surface area contributed by atoms with Crippen LogP contribution in [0.25, 0.3) is 0 Å². The summed E-state index contributed by atoms with van der Waals surface area (Å²) < 4.78 is 12.5. The highest BCUT2D eigenvalue weighted by molar-refractivity contribution is 7.91. The van der Waals surface area contributed by atoms with E-state index in [1.165, 1.54) is 0 Å². The van der Waals surface area contributed by atoms with Crippen molar-refractivity contribution in [2.75, 3.05) is 0 Å². The van der Waals surface area contributed by atoms with Crippen molar-refractivity contribution in [2.24, 2.45) is 0 Å². The van der Waals surface area contributed by atoms with Crippen LogP contribution in [0.5, 0.6) is 5.88 Å². The fourth-order valence-electron chi connectivity index (χ4n) is 2.74. The van der Waals surface area contributed by atoms with Gasteiger partial charge in [-0.2, -0.15) is 0 Å². The van der Waals surface area contributed by atoms with Gasteiger partial charge in [0.25, 0.3) is 5.91 Å². The third kappa shape index (κ3) is 4.48. The van der Waals surface area contributed by atoms with Crippen LogP contribution >= 0.6 is 0 Å². The lowest BCUT2D eigenvalue weighted by Crippen LogP contribution is -2.23. The van der Waals surface area contributed by atoms with Crippen LogP contribution in [0.1, 0.15) is 27.2 Å². The Morgan fingerprint density at radius 2 is 1.70 bits per heavy atom. The first kappa shape index (κ1) is 18.9. The van der Waals surface area contributed by atoms with Crippen molar-refractivity contribution in [3.63, 3.8) is 0 Å². The molecule has 138 valence electrons. The molecule has 0 aliphatic heterocycles. The summed E-state index contributed by atoms with van der Waals surface area (Å²) >= 11 is -1.28. The van der Waals surface area contributed by atoms with E-state index in [4.69, 9.17) is 0 Å². The number of aryl methyl sites for hydroxylation is 2. The number of aromatic hydroxyl groups is 1. The molecule has 3 aromatic rings. The SMILES string of the molecule is Cc1cc(C)c(CNC(=O)c2ccc([S+]([O-])c3ccccc3)cc2)c(O)n1. The number of pyridine rings is 1.